The lowest BCUT2D eigenvalue weighted by Gasteiger charge is -2.14. The van der Waals surface area contributed by atoms with Crippen LogP contribution in [0.2, 0.25) is 0 Å². The number of hydrogen-bond donors (Lipinski definition) is 3. The molecule has 4 heteroatoms. The molecule has 2 rings (SSSR count). The van der Waals surface area contributed by atoms with Crippen LogP contribution in [0.25, 0.3) is 0 Å². The zero-order chi connectivity index (χ0) is 13.0. The number of hydrogen-bond acceptors (Lipinski definition) is 4. The fourth-order valence-corrected chi connectivity index (χ4v) is 1.84. The number of nitrogens with one attached hydrogen (secondary N) is 2. The highest BCUT2D eigenvalue weighted by molar-refractivity contribution is 5.62. The van der Waals surface area contributed by atoms with Crippen LogP contribution in [0.5, 0.6) is 0 Å². The molecule has 2 aromatic rings. The van der Waals surface area contributed by atoms with E-state index in [9.17, 15) is 0 Å². The van der Waals surface area contributed by atoms with E-state index in [2.05, 4.69) is 41.7 Å². The molecule has 0 atom stereocenters. The van der Waals surface area contributed by atoms with Crippen LogP contribution in [-0.4, -0.2) is 4.98 Å². The van der Waals surface area contributed by atoms with Crippen LogP contribution >= 0.6 is 0 Å². The second-order valence-electron chi connectivity index (χ2n) is 4.42. The van der Waals surface area contributed by atoms with Crippen LogP contribution in [0, 0.1) is 0 Å². The summed E-state index contributed by atoms with van der Waals surface area (Å²) in [7, 11) is 0. The van der Waals surface area contributed by atoms with Gasteiger partial charge in [0, 0.05) is 5.69 Å². The van der Waals surface area contributed by atoms with E-state index in [1.807, 2.05) is 30.3 Å². The zero-order valence-electron chi connectivity index (χ0n) is 10.6. The van der Waals surface area contributed by atoms with Gasteiger partial charge in [0.15, 0.2) is 0 Å². The zero-order valence-corrected chi connectivity index (χ0v) is 10.6. The summed E-state index contributed by atoms with van der Waals surface area (Å²) < 4.78 is 0. The number of anilines is 3. The first-order valence-electron chi connectivity index (χ1n) is 6.00. The minimum Gasteiger partial charge on any atom is -0.340 e. The smallest absolute Gasteiger partial charge is 0.142 e. The Balaban J connectivity index is 2.28. The van der Waals surface area contributed by atoms with Crippen LogP contribution in [0.4, 0.5) is 17.3 Å². The fraction of sp³-hybridized carbons (Fsp3) is 0.214. The number of benzene rings is 1. The Morgan fingerprint density at radius 1 is 1.00 bits per heavy atom. The Bertz CT molecular complexity index is 523. The summed E-state index contributed by atoms with van der Waals surface area (Å²) >= 11 is 0. The predicted molar refractivity (Wildman–Crippen MR) is 75.9 cm³/mol. The first kappa shape index (κ1) is 12.4. The molecular weight excluding hydrogens is 224 g/mol. The largest absolute Gasteiger partial charge is 0.340 e. The van der Waals surface area contributed by atoms with Gasteiger partial charge in [-0.2, -0.15) is 0 Å². The second kappa shape index (κ2) is 5.51. The van der Waals surface area contributed by atoms with Gasteiger partial charge in [0.05, 0.1) is 0 Å². The van der Waals surface area contributed by atoms with E-state index >= 15 is 0 Å². The quantitative estimate of drug-likeness (QED) is 0.569. The minimum atomic E-state index is 0.463. The fourth-order valence-electron chi connectivity index (χ4n) is 1.84. The normalized spacial score (nSPS) is 10.4. The molecule has 94 valence electrons. The Labute approximate surface area is 107 Å². The average Bonchev–Trinajstić information content (AvgIpc) is 2.39. The van der Waals surface area contributed by atoms with Crippen molar-refractivity contribution in [3.8, 4) is 0 Å². The van der Waals surface area contributed by atoms with Crippen molar-refractivity contribution in [1.29, 1.82) is 0 Å². The molecule has 0 unspecified atom stereocenters. The van der Waals surface area contributed by atoms with Gasteiger partial charge in [-0.1, -0.05) is 38.1 Å². The third-order valence-electron chi connectivity index (χ3n) is 2.74. The monoisotopic (exact) mass is 242 g/mol. The molecule has 4 nitrogen and oxygen atoms in total. The molecule has 0 radical (unpaired) electrons. The molecule has 18 heavy (non-hydrogen) atoms. The van der Waals surface area contributed by atoms with E-state index in [4.69, 9.17) is 5.84 Å². The van der Waals surface area contributed by atoms with Crippen LogP contribution in [0.15, 0.2) is 42.5 Å². The number of nitrogens with zero attached hydrogens (tertiary/aromatic N) is 1. The first-order chi connectivity index (χ1) is 8.70. The van der Waals surface area contributed by atoms with Gasteiger partial charge in [0.25, 0.3) is 0 Å². The lowest BCUT2D eigenvalue weighted by Crippen LogP contribution is -2.09. The molecule has 0 amide bonds. The highest BCUT2D eigenvalue weighted by atomic mass is 15.3. The molecule has 0 saturated carbocycles. The number of hydrazine groups is 1. The molecular formula is C14H18N4. The van der Waals surface area contributed by atoms with Crippen molar-refractivity contribution < 1.29 is 0 Å². The van der Waals surface area contributed by atoms with Gasteiger partial charge in [0.1, 0.15) is 11.6 Å². The summed E-state index contributed by atoms with van der Waals surface area (Å²) in [5.74, 6) is 7.23. The molecule has 1 aromatic carbocycles. The van der Waals surface area contributed by atoms with Crippen LogP contribution < -0.4 is 16.6 Å². The Kier molecular flexibility index (Phi) is 3.79. The molecule has 4 N–H and O–H groups in total. The van der Waals surface area contributed by atoms with Gasteiger partial charge >= 0.3 is 0 Å². The number of pyridine rings is 1. The third kappa shape index (κ3) is 2.78. The van der Waals surface area contributed by atoms with Crippen molar-refractivity contribution in [2.24, 2.45) is 5.84 Å². The van der Waals surface area contributed by atoms with E-state index in [1.54, 1.807) is 0 Å². The van der Waals surface area contributed by atoms with E-state index in [1.165, 1.54) is 5.56 Å². The standard InChI is InChI=1S/C14H18N4/c1-10(2)11-6-3-4-7-12(11)16-13-8-5-9-14(17-13)18-15/h3-10H,15H2,1-2H3,(H2,16,17,18). The molecule has 0 aliphatic rings. The highest BCUT2D eigenvalue weighted by Gasteiger charge is 2.06. The summed E-state index contributed by atoms with van der Waals surface area (Å²) in [6.45, 7) is 4.34. The second-order valence-corrected chi connectivity index (χ2v) is 4.42. The molecule has 0 aliphatic carbocycles. The van der Waals surface area contributed by atoms with Crippen molar-refractivity contribution in [2.75, 3.05) is 10.7 Å². The molecule has 0 aliphatic heterocycles. The third-order valence-corrected chi connectivity index (χ3v) is 2.74. The van der Waals surface area contributed by atoms with Gasteiger partial charge in [-0.05, 0) is 29.7 Å². The molecule has 1 aromatic heterocycles. The molecule has 0 saturated heterocycles. The van der Waals surface area contributed by atoms with Crippen molar-refractivity contribution in [2.45, 2.75) is 19.8 Å². The number of para-hydroxylation sites is 1. The van der Waals surface area contributed by atoms with Gasteiger partial charge in [0.2, 0.25) is 0 Å². The number of nitrogens with two attached hydrogens (primary N) is 1. The Morgan fingerprint density at radius 2 is 1.72 bits per heavy atom. The van der Waals surface area contributed by atoms with E-state index in [0.29, 0.717) is 11.7 Å². The summed E-state index contributed by atoms with van der Waals surface area (Å²) in [5.41, 5.74) is 4.89. The maximum atomic E-state index is 5.35. The number of rotatable bonds is 4. The summed E-state index contributed by atoms with van der Waals surface area (Å²) in [4.78, 5) is 4.34. The molecule has 0 spiro atoms. The summed E-state index contributed by atoms with van der Waals surface area (Å²) in [6.07, 6.45) is 0. The predicted octanol–water partition coefficient (Wildman–Crippen LogP) is 3.23. The summed E-state index contributed by atoms with van der Waals surface area (Å²) in [5, 5.41) is 3.32. The topological polar surface area (TPSA) is 63.0 Å². The first-order valence-corrected chi connectivity index (χ1v) is 6.00. The van der Waals surface area contributed by atoms with Crippen molar-refractivity contribution in [3.05, 3.63) is 48.0 Å². The van der Waals surface area contributed by atoms with Gasteiger partial charge in [-0.25, -0.2) is 10.8 Å². The Hall–Kier alpha value is -2.07. The van der Waals surface area contributed by atoms with E-state index in [-0.39, 0.29) is 0 Å². The number of aromatic nitrogens is 1. The molecule has 1 heterocycles. The summed E-state index contributed by atoms with van der Waals surface area (Å²) in [6, 6.07) is 13.9. The van der Waals surface area contributed by atoms with Crippen molar-refractivity contribution >= 4 is 17.3 Å². The van der Waals surface area contributed by atoms with E-state index in [0.717, 1.165) is 11.5 Å². The number of nitrogen functional groups attached to an aromatic ring is 1. The minimum absolute atomic E-state index is 0.463. The molecule has 0 fully saturated rings. The van der Waals surface area contributed by atoms with Gasteiger partial charge < -0.3 is 10.7 Å². The van der Waals surface area contributed by atoms with Crippen molar-refractivity contribution in [3.63, 3.8) is 0 Å². The van der Waals surface area contributed by atoms with Crippen LogP contribution in [-0.2, 0) is 0 Å². The van der Waals surface area contributed by atoms with Gasteiger partial charge in [-0.15, -0.1) is 0 Å². The Morgan fingerprint density at radius 3 is 2.44 bits per heavy atom. The average molecular weight is 242 g/mol. The SMILES string of the molecule is CC(C)c1ccccc1Nc1cccc(NN)n1. The van der Waals surface area contributed by atoms with Crippen LogP contribution in [0.3, 0.4) is 0 Å². The lowest BCUT2D eigenvalue weighted by molar-refractivity contribution is 0.869. The maximum absolute atomic E-state index is 5.35. The van der Waals surface area contributed by atoms with E-state index < -0.39 is 0 Å². The van der Waals surface area contributed by atoms with Crippen LogP contribution in [0.1, 0.15) is 25.3 Å². The lowest BCUT2D eigenvalue weighted by atomic mass is 10.0. The van der Waals surface area contributed by atoms with Crippen molar-refractivity contribution in [1.82, 2.24) is 4.98 Å². The molecule has 0 bridgehead atoms. The highest BCUT2D eigenvalue weighted by Crippen LogP contribution is 2.26. The maximum Gasteiger partial charge on any atom is 0.142 e. The van der Waals surface area contributed by atoms with Gasteiger partial charge in [-0.3, -0.25) is 0 Å².